The van der Waals surface area contributed by atoms with Gasteiger partial charge in [0.05, 0.1) is 0 Å². The number of aromatic nitrogens is 2. The highest BCUT2D eigenvalue weighted by atomic mass is 35.5. The van der Waals surface area contributed by atoms with Gasteiger partial charge in [0.25, 0.3) is 5.91 Å². The minimum absolute atomic E-state index is 0. The lowest BCUT2D eigenvalue weighted by molar-refractivity contribution is 0.0620. The van der Waals surface area contributed by atoms with Crippen LogP contribution in [0, 0.1) is 0 Å². The van der Waals surface area contributed by atoms with Crippen LogP contribution in [0.25, 0.3) is 0 Å². The van der Waals surface area contributed by atoms with Crippen LogP contribution in [0.1, 0.15) is 45.9 Å². The van der Waals surface area contributed by atoms with E-state index in [1.54, 1.807) is 30.5 Å². The number of piperazine rings is 1. The SMILES string of the molecule is CCC(=O)c1ccc(C(=O)N2CCNCC2c2nccn2C)cc1.Cl. The molecule has 1 N–H and O–H groups in total. The Bertz CT molecular complexity index is 742. The molecule has 1 aromatic heterocycles. The summed E-state index contributed by atoms with van der Waals surface area (Å²) < 4.78 is 1.95. The highest BCUT2D eigenvalue weighted by molar-refractivity contribution is 5.98. The van der Waals surface area contributed by atoms with Gasteiger partial charge in [0.15, 0.2) is 5.78 Å². The van der Waals surface area contributed by atoms with Gasteiger partial charge >= 0.3 is 0 Å². The van der Waals surface area contributed by atoms with Crippen molar-refractivity contribution in [1.82, 2.24) is 19.8 Å². The summed E-state index contributed by atoms with van der Waals surface area (Å²) in [6, 6.07) is 6.85. The van der Waals surface area contributed by atoms with Crippen LogP contribution in [0.3, 0.4) is 0 Å². The van der Waals surface area contributed by atoms with Gasteiger partial charge in [-0.1, -0.05) is 19.1 Å². The summed E-state index contributed by atoms with van der Waals surface area (Å²) >= 11 is 0. The lowest BCUT2D eigenvalue weighted by Gasteiger charge is -2.35. The molecule has 0 radical (unpaired) electrons. The van der Waals surface area contributed by atoms with Crippen molar-refractivity contribution in [2.24, 2.45) is 7.05 Å². The minimum atomic E-state index is -0.0943. The van der Waals surface area contributed by atoms with E-state index in [1.807, 2.05) is 29.6 Å². The molecule has 1 aromatic carbocycles. The average Bonchev–Trinajstić information content (AvgIpc) is 3.06. The van der Waals surface area contributed by atoms with E-state index in [2.05, 4.69) is 10.3 Å². The number of Topliss-reactive ketones (excluding diaryl/α,β-unsaturated/α-hetero) is 1. The summed E-state index contributed by atoms with van der Waals surface area (Å²) in [5.41, 5.74) is 1.25. The molecule has 1 aliphatic rings. The standard InChI is InChI=1S/C18H22N4O2.ClH/c1-3-16(23)13-4-6-14(7-5-13)18(24)22-11-8-19-12-15(22)17-20-9-10-21(17)2;/h4-7,9-10,15,19H,3,8,11-12H2,1-2H3;1H. The second kappa shape index (κ2) is 8.27. The van der Waals surface area contributed by atoms with E-state index < -0.39 is 0 Å². The lowest BCUT2D eigenvalue weighted by atomic mass is 10.0. The van der Waals surface area contributed by atoms with Gasteiger partial charge in [0.1, 0.15) is 11.9 Å². The quantitative estimate of drug-likeness (QED) is 0.847. The Labute approximate surface area is 153 Å². The number of halogens is 1. The van der Waals surface area contributed by atoms with E-state index in [4.69, 9.17) is 0 Å². The van der Waals surface area contributed by atoms with Crippen LogP contribution in [0.15, 0.2) is 36.7 Å². The van der Waals surface area contributed by atoms with Gasteiger partial charge < -0.3 is 14.8 Å². The first-order valence-electron chi connectivity index (χ1n) is 8.24. The molecule has 1 atom stereocenters. The Morgan fingerprint density at radius 1 is 1.24 bits per heavy atom. The first-order valence-corrected chi connectivity index (χ1v) is 8.24. The van der Waals surface area contributed by atoms with Crippen LogP contribution in [0.5, 0.6) is 0 Å². The van der Waals surface area contributed by atoms with Crippen molar-refractivity contribution >= 4 is 24.1 Å². The summed E-state index contributed by atoms with van der Waals surface area (Å²) in [6.45, 7) is 3.91. The highest BCUT2D eigenvalue weighted by Crippen LogP contribution is 2.23. The first kappa shape index (κ1) is 19.1. The molecule has 1 aliphatic heterocycles. The maximum absolute atomic E-state index is 12.9. The van der Waals surface area contributed by atoms with Crippen molar-refractivity contribution < 1.29 is 9.59 Å². The normalized spacial score (nSPS) is 17.0. The zero-order valence-corrected chi connectivity index (χ0v) is 15.3. The number of nitrogens with zero attached hydrogens (tertiary/aromatic N) is 3. The largest absolute Gasteiger partial charge is 0.336 e. The maximum atomic E-state index is 12.9. The number of amides is 1. The zero-order chi connectivity index (χ0) is 17.1. The zero-order valence-electron chi connectivity index (χ0n) is 14.4. The molecule has 1 amide bonds. The number of benzene rings is 1. The summed E-state index contributed by atoms with van der Waals surface area (Å²) in [7, 11) is 1.94. The molecule has 25 heavy (non-hydrogen) atoms. The number of hydrogen-bond acceptors (Lipinski definition) is 4. The fourth-order valence-electron chi connectivity index (χ4n) is 3.04. The molecule has 6 nitrogen and oxygen atoms in total. The lowest BCUT2D eigenvalue weighted by Crippen LogP contribution is -2.49. The Kier molecular flexibility index (Phi) is 6.33. The van der Waals surface area contributed by atoms with Crippen LogP contribution in [0.2, 0.25) is 0 Å². The summed E-state index contributed by atoms with van der Waals surface area (Å²) in [4.78, 5) is 30.9. The topological polar surface area (TPSA) is 67.2 Å². The van der Waals surface area contributed by atoms with E-state index >= 15 is 0 Å². The Hall–Kier alpha value is -2.18. The smallest absolute Gasteiger partial charge is 0.254 e. The van der Waals surface area contributed by atoms with E-state index in [9.17, 15) is 9.59 Å². The van der Waals surface area contributed by atoms with Gasteiger partial charge in [-0.15, -0.1) is 12.4 Å². The third kappa shape index (κ3) is 3.91. The molecule has 0 bridgehead atoms. The second-order valence-corrected chi connectivity index (χ2v) is 5.97. The summed E-state index contributed by atoms with van der Waals surface area (Å²) in [5.74, 6) is 0.926. The van der Waals surface area contributed by atoms with Gasteiger partial charge in [-0.2, -0.15) is 0 Å². The third-order valence-corrected chi connectivity index (χ3v) is 4.44. The molecule has 0 aliphatic carbocycles. The molecule has 1 unspecified atom stereocenters. The number of ketones is 1. The van der Waals surface area contributed by atoms with Crippen molar-refractivity contribution in [2.75, 3.05) is 19.6 Å². The predicted molar refractivity (Wildman–Crippen MR) is 98.2 cm³/mol. The van der Waals surface area contributed by atoms with Crippen molar-refractivity contribution in [1.29, 1.82) is 0 Å². The van der Waals surface area contributed by atoms with Gasteiger partial charge in [-0.3, -0.25) is 9.59 Å². The molecule has 1 saturated heterocycles. The number of rotatable bonds is 4. The minimum Gasteiger partial charge on any atom is -0.336 e. The number of hydrogen-bond donors (Lipinski definition) is 1. The van der Waals surface area contributed by atoms with E-state index in [1.165, 1.54) is 0 Å². The van der Waals surface area contributed by atoms with Crippen LogP contribution in [-0.2, 0) is 7.05 Å². The highest BCUT2D eigenvalue weighted by Gasteiger charge is 2.31. The first-order chi connectivity index (χ1) is 11.6. The molecular formula is C18H23ClN4O2. The fraction of sp³-hybridized carbons (Fsp3) is 0.389. The predicted octanol–water partition coefficient (Wildman–Crippen LogP) is 2.22. The Morgan fingerprint density at radius 3 is 2.52 bits per heavy atom. The van der Waals surface area contributed by atoms with E-state index in [-0.39, 0.29) is 30.1 Å². The van der Waals surface area contributed by atoms with E-state index in [0.29, 0.717) is 30.6 Å². The van der Waals surface area contributed by atoms with Crippen molar-refractivity contribution in [2.45, 2.75) is 19.4 Å². The van der Waals surface area contributed by atoms with Crippen LogP contribution >= 0.6 is 12.4 Å². The Balaban J connectivity index is 0.00000225. The average molecular weight is 363 g/mol. The van der Waals surface area contributed by atoms with Crippen LogP contribution in [0.4, 0.5) is 0 Å². The molecule has 0 saturated carbocycles. The molecule has 3 rings (SSSR count). The van der Waals surface area contributed by atoms with Gasteiger partial charge in [-0.05, 0) is 12.1 Å². The van der Waals surface area contributed by atoms with Crippen molar-refractivity contribution in [3.8, 4) is 0 Å². The molecular weight excluding hydrogens is 340 g/mol. The molecule has 7 heteroatoms. The number of aryl methyl sites for hydroxylation is 1. The third-order valence-electron chi connectivity index (χ3n) is 4.44. The van der Waals surface area contributed by atoms with Gasteiger partial charge in [0, 0.05) is 56.6 Å². The molecule has 1 fully saturated rings. The molecule has 0 spiro atoms. The molecule has 2 heterocycles. The van der Waals surface area contributed by atoms with E-state index in [0.717, 1.165) is 12.4 Å². The van der Waals surface area contributed by atoms with Gasteiger partial charge in [-0.25, -0.2) is 4.98 Å². The number of carbonyl (C=O) groups excluding carboxylic acids is 2. The monoisotopic (exact) mass is 362 g/mol. The Morgan fingerprint density at radius 2 is 1.92 bits per heavy atom. The fourth-order valence-corrected chi connectivity index (χ4v) is 3.04. The second-order valence-electron chi connectivity index (χ2n) is 5.97. The van der Waals surface area contributed by atoms with Crippen LogP contribution in [-0.4, -0.2) is 45.8 Å². The number of imidazole rings is 1. The van der Waals surface area contributed by atoms with Crippen molar-refractivity contribution in [3.05, 3.63) is 53.6 Å². The summed E-state index contributed by atoms with van der Waals surface area (Å²) in [5, 5.41) is 3.33. The van der Waals surface area contributed by atoms with Crippen LogP contribution < -0.4 is 5.32 Å². The van der Waals surface area contributed by atoms with Crippen molar-refractivity contribution in [3.63, 3.8) is 0 Å². The van der Waals surface area contributed by atoms with Gasteiger partial charge in [0.2, 0.25) is 0 Å². The number of carbonyl (C=O) groups is 2. The molecule has 134 valence electrons. The summed E-state index contributed by atoms with van der Waals surface area (Å²) in [6.07, 6.45) is 4.10. The maximum Gasteiger partial charge on any atom is 0.254 e. The molecule has 2 aromatic rings. The number of nitrogens with one attached hydrogen (secondary N) is 1.